The Morgan fingerprint density at radius 2 is 1.09 bits per heavy atom. The van der Waals surface area contributed by atoms with E-state index in [4.69, 9.17) is 18.9 Å². The molecule has 0 atom stereocenters. The lowest BCUT2D eigenvalue weighted by Crippen LogP contribution is -2.07. The van der Waals surface area contributed by atoms with E-state index in [0.29, 0.717) is 53.6 Å². The predicted molar refractivity (Wildman–Crippen MR) is 208 cm³/mol. The minimum atomic E-state index is -0.500. The van der Waals surface area contributed by atoms with Gasteiger partial charge in [0, 0.05) is 11.1 Å². The van der Waals surface area contributed by atoms with Crippen LogP contribution >= 0.6 is 0 Å². The fourth-order valence-corrected chi connectivity index (χ4v) is 4.94. The first-order valence-corrected chi connectivity index (χ1v) is 18.2. The van der Waals surface area contributed by atoms with Gasteiger partial charge in [-0.3, -0.25) is 4.79 Å². The fraction of sp³-hybridized carbons (Fsp3) is 0.295. The number of ketones is 1. The van der Waals surface area contributed by atoms with Gasteiger partial charge < -0.3 is 18.9 Å². The van der Waals surface area contributed by atoms with E-state index in [-0.39, 0.29) is 11.8 Å². The van der Waals surface area contributed by atoms with Gasteiger partial charge in [-0.15, -0.1) is 0 Å². The van der Waals surface area contributed by atoms with Crippen LogP contribution in [0.2, 0.25) is 0 Å². The van der Waals surface area contributed by atoms with Gasteiger partial charge in [-0.05, 0) is 136 Å². The lowest BCUT2D eigenvalue weighted by Gasteiger charge is -2.07. The van der Waals surface area contributed by atoms with Gasteiger partial charge in [-0.2, -0.15) is 10.2 Å². The molecule has 4 aromatic rings. The molecule has 9 nitrogen and oxygen atoms in total. The van der Waals surface area contributed by atoms with Crippen LogP contribution in [0.1, 0.15) is 91.5 Å². The number of hydrogen-bond acceptors (Lipinski definition) is 9. The number of allylic oxidation sites excluding steroid dienone is 1. The minimum Gasteiger partial charge on any atom is -0.494 e. The molecule has 0 aliphatic carbocycles. The van der Waals surface area contributed by atoms with Crippen LogP contribution in [-0.2, 0) is 9.53 Å². The zero-order chi connectivity index (χ0) is 37.7. The second-order valence-electron chi connectivity index (χ2n) is 12.5. The van der Waals surface area contributed by atoms with Crippen LogP contribution in [0.25, 0.3) is 6.08 Å². The molecule has 0 amide bonds. The SMILES string of the molecule is C=C(C)C(=O)OCCCCCCOc1ccc(N=Nc2ccc(C(=O)Oc3ccc(C=CC(=O)c4ccc(OCCCCCC)cc4)cc3)cc2)cc1. The molecule has 276 valence electrons. The van der Waals surface area contributed by atoms with Crippen molar-refractivity contribution in [1.29, 1.82) is 0 Å². The molecule has 9 heteroatoms. The normalized spacial score (nSPS) is 11.1. The zero-order valence-electron chi connectivity index (χ0n) is 30.6. The van der Waals surface area contributed by atoms with Crippen molar-refractivity contribution in [3.63, 3.8) is 0 Å². The van der Waals surface area contributed by atoms with Crippen LogP contribution in [0.4, 0.5) is 11.4 Å². The molecular formula is C44H48N2O7. The van der Waals surface area contributed by atoms with Crippen molar-refractivity contribution in [2.24, 2.45) is 10.2 Å². The number of azo groups is 1. The Bertz CT molecular complexity index is 1810. The maximum Gasteiger partial charge on any atom is 0.343 e. The number of esters is 2. The predicted octanol–water partition coefficient (Wildman–Crippen LogP) is 11.2. The van der Waals surface area contributed by atoms with Gasteiger partial charge >= 0.3 is 11.9 Å². The molecule has 0 saturated carbocycles. The van der Waals surface area contributed by atoms with Crippen molar-refractivity contribution < 1.29 is 33.3 Å². The third kappa shape index (κ3) is 14.7. The first kappa shape index (κ1) is 39.9. The molecule has 0 fully saturated rings. The molecule has 0 aromatic heterocycles. The van der Waals surface area contributed by atoms with Crippen LogP contribution < -0.4 is 14.2 Å². The first-order chi connectivity index (χ1) is 25.8. The van der Waals surface area contributed by atoms with Crippen molar-refractivity contribution in [3.8, 4) is 17.2 Å². The van der Waals surface area contributed by atoms with Gasteiger partial charge in [0.2, 0.25) is 0 Å². The Hall–Kier alpha value is -5.83. The van der Waals surface area contributed by atoms with Crippen molar-refractivity contribution in [2.75, 3.05) is 19.8 Å². The van der Waals surface area contributed by atoms with E-state index in [0.717, 1.165) is 55.6 Å². The summed E-state index contributed by atoms with van der Waals surface area (Å²) < 4.78 is 22.2. The van der Waals surface area contributed by atoms with E-state index in [1.54, 1.807) is 73.7 Å². The summed E-state index contributed by atoms with van der Waals surface area (Å²) in [6, 6.07) is 28.1. The minimum absolute atomic E-state index is 0.113. The number of rotatable bonds is 22. The van der Waals surface area contributed by atoms with Crippen molar-refractivity contribution >= 4 is 35.2 Å². The van der Waals surface area contributed by atoms with Gasteiger partial charge in [0.05, 0.1) is 36.8 Å². The fourth-order valence-electron chi connectivity index (χ4n) is 4.94. The summed E-state index contributed by atoms with van der Waals surface area (Å²) >= 11 is 0. The Kier molecular flexibility index (Phi) is 16.7. The molecule has 4 aromatic carbocycles. The van der Waals surface area contributed by atoms with E-state index in [9.17, 15) is 14.4 Å². The Balaban J connectivity index is 1.15. The number of carbonyl (C=O) groups is 3. The summed E-state index contributed by atoms with van der Waals surface area (Å²) in [6.45, 7) is 9.07. The second-order valence-corrected chi connectivity index (χ2v) is 12.5. The van der Waals surface area contributed by atoms with Gasteiger partial charge in [-0.25, -0.2) is 9.59 Å². The number of nitrogens with zero attached hydrogens (tertiary/aromatic N) is 2. The number of carbonyl (C=O) groups excluding carboxylic acids is 3. The average Bonchev–Trinajstić information content (AvgIpc) is 3.18. The standard InChI is InChI=1S/C44H48N2O7/c1-4-5-6-9-30-50-39-25-17-35(18-26-39)42(47)29-14-34-12-23-41(24-13-34)53-44(49)36-15-19-37(20-16-36)45-46-38-21-27-40(28-22-38)51-31-10-7-8-11-32-52-43(48)33(2)3/h12-29H,2,4-11,30-32H2,1,3H3. The van der Waals surface area contributed by atoms with Gasteiger partial charge in [0.15, 0.2) is 5.78 Å². The number of unbranched alkanes of at least 4 members (excludes halogenated alkanes) is 6. The third-order valence-electron chi connectivity index (χ3n) is 8.03. The van der Waals surface area contributed by atoms with Gasteiger partial charge in [-0.1, -0.05) is 51.0 Å². The van der Waals surface area contributed by atoms with Crippen LogP contribution in [0.15, 0.2) is 126 Å². The zero-order valence-corrected chi connectivity index (χ0v) is 30.6. The molecule has 0 aliphatic rings. The topological polar surface area (TPSA) is 113 Å². The summed E-state index contributed by atoms with van der Waals surface area (Å²) in [6.07, 6.45) is 11.5. The molecule has 0 N–H and O–H groups in total. The highest BCUT2D eigenvalue weighted by Gasteiger charge is 2.09. The van der Waals surface area contributed by atoms with E-state index in [1.807, 2.05) is 36.4 Å². The van der Waals surface area contributed by atoms with E-state index < -0.39 is 5.97 Å². The van der Waals surface area contributed by atoms with E-state index >= 15 is 0 Å². The summed E-state index contributed by atoms with van der Waals surface area (Å²) in [7, 11) is 0. The largest absolute Gasteiger partial charge is 0.494 e. The third-order valence-corrected chi connectivity index (χ3v) is 8.03. The Morgan fingerprint density at radius 3 is 1.66 bits per heavy atom. The maximum absolute atomic E-state index is 12.7. The molecule has 0 spiro atoms. The van der Waals surface area contributed by atoms with Crippen LogP contribution in [0.3, 0.4) is 0 Å². The van der Waals surface area contributed by atoms with Crippen LogP contribution in [-0.4, -0.2) is 37.5 Å². The van der Waals surface area contributed by atoms with Crippen LogP contribution in [0, 0.1) is 0 Å². The van der Waals surface area contributed by atoms with Crippen LogP contribution in [0.5, 0.6) is 17.2 Å². The molecule has 53 heavy (non-hydrogen) atoms. The highest BCUT2D eigenvalue weighted by Crippen LogP contribution is 2.23. The summed E-state index contributed by atoms with van der Waals surface area (Å²) in [4.78, 5) is 36.8. The smallest absolute Gasteiger partial charge is 0.343 e. The highest BCUT2D eigenvalue weighted by molar-refractivity contribution is 6.06. The summed E-state index contributed by atoms with van der Waals surface area (Å²) in [5, 5.41) is 8.54. The highest BCUT2D eigenvalue weighted by atomic mass is 16.5. The molecule has 0 heterocycles. The monoisotopic (exact) mass is 716 g/mol. The molecule has 0 unspecified atom stereocenters. The molecule has 4 rings (SSSR count). The van der Waals surface area contributed by atoms with Crippen molar-refractivity contribution in [1.82, 2.24) is 0 Å². The Morgan fingerprint density at radius 1 is 0.604 bits per heavy atom. The maximum atomic E-state index is 12.7. The molecule has 0 radical (unpaired) electrons. The molecule has 0 bridgehead atoms. The number of benzene rings is 4. The number of hydrogen-bond donors (Lipinski definition) is 0. The van der Waals surface area contributed by atoms with Gasteiger partial charge in [0.1, 0.15) is 17.2 Å². The first-order valence-electron chi connectivity index (χ1n) is 18.2. The quantitative estimate of drug-likeness (QED) is 0.0199. The van der Waals surface area contributed by atoms with Crippen molar-refractivity contribution in [3.05, 3.63) is 132 Å². The summed E-state index contributed by atoms with van der Waals surface area (Å²) in [5.41, 5.74) is 3.42. The molecular weight excluding hydrogens is 668 g/mol. The molecule has 0 saturated heterocycles. The lowest BCUT2D eigenvalue weighted by molar-refractivity contribution is -0.139. The van der Waals surface area contributed by atoms with E-state index in [1.165, 1.54) is 18.9 Å². The van der Waals surface area contributed by atoms with E-state index in [2.05, 4.69) is 23.7 Å². The van der Waals surface area contributed by atoms with Crippen molar-refractivity contribution in [2.45, 2.75) is 65.2 Å². The Labute approximate surface area is 312 Å². The molecule has 0 aliphatic heterocycles. The number of ether oxygens (including phenoxy) is 4. The lowest BCUT2D eigenvalue weighted by atomic mass is 10.1. The summed E-state index contributed by atoms with van der Waals surface area (Å²) in [5.74, 6) is 0.943. The second kappa shape index (κ2) is 22.2. The van der Waals surface area contributed by atoms with Gasteiger partial charge in [0.25, 0.3) is 0 Å². The average molecular weight is 717 g/mol.